The van der Waals surface area contributed by atoms with E-state index in [4.69, 9.17) is 0 Å². The molecule has 2 heterocycles. The van der Waals surface area contributed by atoms with Crippen LogP contribution < -0.4 is 0 Å². The Bertz CT molecular complexity index is 2580. The fraction of sp³-hybridized carbons (Fsp3) is 0. The Kier molecular flexibility index (Phi) is 5.88. The summed E-state index contributed by atoms with van der Waals surface area (Å²) < 4.78 is 4.61. The van der Waals surface area contributed by atoms with Gasteiger partial charge in [0.2, 0.25) is 0 Å². The molecule has 3 heteroatoms. The van der Waals surface area contributed by atoms with Gasteiger partial charge in [0.25, 0.3) is 0 Å². The SMILES string of the molecule is N#Cc1cccc(-c2ccc(-c3ccc4c5ccccc5n(-c5ccccc5)c4c3)cc2)c1-n1c2ccccc2c2ccccc21. The quantitative estimate of drug-likeness (QED) is 0.202. The summed E-state index contributed by atoms with van der Waals surface area (Å²) >= 11 is 0. The summed E-state index contributed by atoms with van der Waals surface area (Å²) in [6.07, 6.45) is 0. The second kappa shape index (κ2) is 10.4. The number of aromatic nitrogens is 2. The maximum absolute atomic E-state index is 10.3. The van der Waals surface area contributed by atoms with Gasteiger partial charge in [0.05, 0.1) is 33.3 Å². The Balaban J connectivity index is 1.20. The molecule has 0 fully saturated rings. The van der Waals surface area contributed by atoms with Gasteiger partial charge in [-0.2, -0.15) is 5.26 Å². The van der Waals surface area contributed by atoms with Crippen LogP contribution in [0, 0.1) is 11.3 Å². The largest absolute Gasteiger partial charge is 0.309 e. The molecule has 0 atom stereocenters. The first-order valence-corrected chi connectivity index (χ1v) is 15.5. The average molecular weight is 586 g/mol. The molecule has 0 saturated heterocycles. The zero-order chi connectivity index (χ0) is 30.6. The van der Waals surface area contributed by atoms with Crippen LogP contribution in [0.3, 0.4) is 0 Å². The van der Waals surface area contributed by atoms with Crippen molar-refractivity contribution in [2.75, 3.05) is 0 Å². The van der Waals surface area contributed by atoms with Crippen molar-refractivity contribution in [3.63, 3.8) is 0 Å². The average Bonchev–Trinajstić information content (AvgIpc) is 3.64. The van der Waals surface area contributed by atoms with Crippen LogP contribution in [0.1, 0.15) is 5.56 Å². The first-order valence-electron chi connectivity index (χ1n) is 15.5. The van der Waals surface area contributed by atoms with Gasteiger partial charge in [0.1, 0.15) is 6.07 Å². The van der Waals surface area contributed by atoms with Gasteiger partial charge in [-0.1, -0.05) is 121 Å². The Morgan fingerprint density at radius 2 is 0.913 bits per heavy atom. The van der Waals surface area contributed by atoms with Crippen molar-refractivity contribution < 1.29 is 0 Å². The molecule has 0 aliphatic carbocycles. The molecule has 0 amide bonds. The zero-order valence-corrected chi connectivity index (χ0v) is 24.9. The van der Waals surface area contributed by atoms with E-state index in [0.717, 1.165) is 44.7 Å². The summed E-state index contributed by atoms with van der Waals surface area (Å²) in [5.74, 6) is 0. The van der Waals surface area contributed by atoms with Crippen molar-refractivity contribution in [3.8, 4) is 39.7 Å². The van der Waals surface area contributed by atoms with Crippen LogP contribution in [0.25, 0.3) is 77.2 Å². The number of hydrogen-bond acceptors (Lipinski definition) is 1. The van der Waals surface area contributed by atoms with Gasteiger partial charge < -0.3 is 9.13 Å². The fourth-order valence-corrected chi connectivity index (χ4v) is 7.12. The van der Waals surface area contributed by atoms with Crippen LogP contribution in [0.15, 0.2) is 164 Å². The first-order chi connectivity index (χ1) is 22.8. The van der Waals surface area contributed by atoms with Crippen molar-refractivity contribution in [1.82, 2.24) is 9.13 Å². The first kappa shape index (κ1) is 26.1. The number of hydrogen-bond donors (Lipinski definition) is 0. The molecule has 0 aliphatic heterocycles. The number of para-hydroxylation sites is 5. The van der Waals surface area contributed by atoms with Gasteiger partial charge >= 0.3 is 0 Å². The van der Waals surface area contributed by atoms with E-state index in [-0.39, 0.29) is 0 Å². The minimum atomic E-state index is 0.646. The van der Waals surface area contributed by atoms with Crippen LogP contribution >= 0.6 is 0 Å². The zero-order valence-electron chi connectivity index (χ0n) is 24.9. The van der Waals surface area contributed by atoms with Crippen LogP contribution in [0.5, 0.6) is 0 Å². The minimum Gasteiger partial charge on any atom is -0.309 e. The molecule has 3 nitrogen and oxygen atoms in total. The monoisotopic (exact) mass is 585 g/mol. The molecule has 46 heavy (non-hydrogen) atoms. The van der Waals surface area contributed by atoms with Gasteiger partial charge in [-0.3, -0.25) is 0 Å². The van der Waals surface area contributed by atoms with Gasteiger partial charge in [0.15, 0.2) is 0 Å². The molecule has 214 valence electrons. The summed E-state index contributed by atoms with van der Waals surface area (Å²) in [5.41, 5.74) is 11.7. The highest BCUT2D eigenvalue weighted by Crippen LogP contribution is 2.39. The van der Waals surface area contributed by atoms with Crippen molar-refractivity contribution in [2.24, 2.45) is 0 Å². The molecule has 0 radical (unpaired) electrons. The van der Waals surface area contributed by atoms with Crippen molar-refractivity contribution in [3.05, 3.63) is 169 Å². The molecule has 0 N–H and O–H groups in total. The Labute approximate surface area is 266 Å². The molecule has 9 aromatic rings. The van der Waals surface area contributed by atoms with E-state index in [1.807, 2.05) is 12.1 Å². The predicted octanol–water partition coefficient (Wildman–Crippen LogP) is 11.1. The van der Waals surface area contributed by atoms with Gasteiger partial charge in [-0.15, -0.1) is 0 Å². The second-order valence-corrected chi connectivity index (χ2v) is 11.7. The highest BCUT2D eigenvalue weighted by molar-refractivity contribution is 6.11. The van der Waals surface area contributed by atoms with E-state index < -0.39 is 0 Å². The predicted molar refractivity (Wildman–Crippen MR) is 191 cm³/mol. The molecule has 0 aliphatic rings. The van der Waals surface area contributed by atoms with E-state index in [1.54, 1.807) is 0 Å². The molecule has 9 rings (SSSR count). The molecule has 2 aromatic heterocycles. The number of benzene rings is 7. The molecule has 0 saturated carbocycles. The van der Waals surface area contributed by atoms with Gasteiger partial charge in [-0.25, -0.2) is 0 Å². The molecular formula is C43H27N3. The van der Waals surface area contributed by atoms with E-state index >= 15 is 0 Å². The Hall–Kier alpha value is -6.37. The van der Waals surface area contributed by atoms with Crippen molar-refractivity contribution in [2.45, 2.75) is 0 Å². The summed E-state index contributed by atoms with van der Waals surface area (Å²) in [4.78, 5) is 0. The topological polar surface area (TPSA) is 33.6 Å². The van der Waals surface area contributed by atoms with Crippen molar-refractivity contribution >= 4 is 43.6 Å². The molecule has 0 unspecified atom stereocenters. The molecule has 0 spiro atoms. The molecule has 7 aromatic carbocycles. The van der Waals surface area contributed by atoms with E-state index in [2.05, 4.69) is 167 Å². The van der Waals surface area contributed by atoms with Crippen LogP contribution in [0.2, 0.25) is 0 Å². The Morgan fingerprint density at radius 3 is 1.54 bits per heavy atom. The highest BCUT2D eigenvalue weighted by atomic mass is 15.0. The lowest BCUT2D eigenvalue weighted by Crippen LogP contribution is -2.00. The Morgan fingerprint density at radius 1 is 0.391 bits per heavy atom. The fourth-order valence-electron chi connectivity index (χ4n) is 7.12. The summed E-state index contributed by atoms with van der Waals surface area (Å²) in [5, 5.41) is 15.1. The van der Waals surface area contributed by atoms with Gasteiger partial charge in [0, 0.05) is 32.8 Å². The minimum absolute atomic E-state index is 0.646. The molecular weight excluding hydrogens is 558 g/mol. The maximum atomic E-state index is 10.3. The van der Waals surface area contributed by atoms with Crippen LogP contribution in [-0.2, 0) is 0 Å². The third kappa shape index (κ3) is 3.91. The lowest BCUT2D eigenvalue weighted by atomic mass is 9.96. The van der Waals surface area contributed by atoms with Gasteiger partial charge in [-0.05, 0) is 59.2 Å². The number of rotatable bonds is 4. The molecule has 0 bridgehead atoms. The smallest absolute Gasteiger partial charge is 0.101 e. The van der Waals surface area contributed by atoms with E-state index in [0.29, 0.717) is 5.56 Å². The lowest BCUT2D eigenvalue weighted by molar-refractivity contribution is 1.17. The van der Waals surface area contributed by atoms with Crippen LogP contribution in [0.4, 0.5) is 0 Å². The standard InChI is InChI=1S/C43H27N3/c44-28-32-11-10-17-34(43(32)46-40-19-8-5-14-35(40)36-15-6-9-20-41(36)46)30-23-21-29(22-24-30)31-25-26-38-37-16-4-7-18-39(37)45(42(38)27-31)33-12-2-1-3-13-33/h1-27H. The number of nitriles is 1. The second-order valence-electron chi connectivity index (χ2n) is 11.7. The summed E-state index contributed by atoms with van der Waals surface area (Å²) in [7, 11) is 0. The van der Waals surface area contributed by atoms with E-state index in [1.165, 1.54) is 32.6 Å². The summed E-state index contributed by atoms with van der Waals surface area (Å²) in [6.45, 7) is 0. The van der Waals surface area contributed by atoms with E-state index in [9.17, 15) is 5.26 Å². The van der Waals surface area contributed by atoms with Crippen molar-refractivity contribution in [1.29, 1.82) is 5.26 Å². The summed E-state index contributed by atoms with van der Waals surface area (Å²) in [6, 6.07) is 60.1. The highest BCUT2D eigenvalue weighted by Gasteiger charge is 2.19. The van der Waals surface area contributed by atoms with Crippen LogP contribution in [-0.4, -0.2) is 9.13 Å². The lowest BCUT2D eigenvalue weighted by Gasteiger charge is -2.16. The maximum Gasteiger partial charge on any atom is 0.101 e. The normalized spacial score (nSPS) is 11.5. The number of nitrogens with zero attached hydrogens (tertiary/aromatic N) is 3. The number of fused-ring (bicyclic) bond motifs is 6. The third-order valence-corrected chi connectivity index (χ3v) is 9.18. The third-order valence-electron chi connectivity index (χ3n) is 9.18.